The Hall–Kier alpha value is -0.620. The number of carboxylic acids is 1. The molecule has 0 aliphatic carbocycles. The Balaban J connectivity index is 4.13. The van der Waals surface area contributed by atoms with Gasteiger partial charge in [-0.05, 0) is 25.8 Å². The van der Waals surface area contributed by atoms with Gasteiger partial charge in [-0.1, -0.05) is 6.92 Å². The van der Waals surface area contributed by atoms with E-state index in [1.165, 1.54) is 0 Å². The molecule has 6 heteroatoms. The predicted octanol–water partition coefficient (Wildman–Crippen LogP) is 0.251. The lowest BCUT2D eigenvalue weighted by atomic mass is 10.0. The average Bonchev–Trinajstić information content (AvgIpc) is 2.17. The van der Waals surface area contributed by atoms with Crippen LogP contribution in [0, 0.1) is 5.92 Å². The van der Waals surface area contributed by atoms with Crippen molar-refractivity contribution in [2.24, 2.45) is 11.7 Å². The van der Waals surface area contributed by atoms with Crippen molar-refractivity contribution in [2.75, 3.05) is 18.1 Å². The third kappa shape index (κ3) is 6.46. The smallest absolute Gasteiger partial charge is 0.306 e. The van der Waals surface area contributed by atoms with Crippen LogP contribution in [0.25, 0.3) is 0 Å². The van der Waals surface area contributed by atoms with Crippen LogP contribution in [0.3, 0.4) is 0 Å². The summed E-state index contributed by atoms with van der Waals surface area (Å²) in [5, 5.41) is 8.83. The van der Waals surface area contributed by atoms with E-state index in [-0.39, 0.29) is 17.9 Å². The summed E-state index contributed by atoms with van der Waals surface area (Å²) in [7, 11) is -3.07. The van der Waals surface area contributed by atoms with Crippen LogP contribution in [-0.4, -0.2) is 37.5 Å². The summed E-state index contributed by atoms with van der Waals surface area (Å²) in [6.07, 6.45) is 1.25. The van der Waals surface area contributed by atoms with Crippen LogP contribution in [0.1, 0.15) is 26.2 Å². The normalized spacial score (nSPS) is 13.7. The van der Waals surface area contributed by atoms with Gasteiger partial charge >= 0.3 is 5.97 Å². The minimum absolute atomic E-state index is 0.0506. The van der Waals surface area contributed by atoms with Crippen LogP contribution in [-0.2, 0) is 14.6 Å². The van der Waals surface area contributed by atoms with Gasteiger partial charge in [-0.3, -0.25) is 4.79 Å². The summed E-state index contributed by atoms with van der Waals surface area (Å²) < 4.78 is 22.4. The second kappa shape index (κ2) is 6.79. The van der Waals surface area contributed by atoms with Crippen LogP contribution < -0.4 is 5.73 Å². The molecule has 0 bridgehead atoms. The number of hydrogen-bond donors (Lipinski definition) is 2. The average molecular weight is 237 g/mol. The molecule has 0 aromatic heterocycles. The summed E-state index contributed by atoms with van der Waals surface area (Å²) in [5.41, 5.74) is 5.27. The molecule has 0 aliphatic heterocycles. The molecular weight excluding hydrogens is 218 g/mol. The molecule has 0 heterocycles. The van der Waals surface area contributed by atoms with Crippen LogP contribution in [0.5, 0.6) is 0 Å². The Kier molecular flexibility index (Phi) is 6.51. The van der Waals surface area contributed by atoms with Crippen LogP contribution >= 0.6 is 0 Å². The van der Waals surface area contributed by atoms with Crippen molar-refractivity contribution in [2.45, 2.75) is 26.2 Å². The van der Waals surface area contributed by atoms with Crippen molar-refractivity contribution in [3.05, 3.63) is 0 Å². The van der Waals surface area contributed by atoms with E-state index in [4.69, 9.17) is 10.8 Å². The van der Waals surface area contributed by atoms with E-state index >= 15 is 0 Å². The van der Waals surface area contributed by atoms with E-state index < -0.39 is 21.7 Å². The maximum Gasteiger partial charge on any atom is 0.306 e. The van der Waals surface area contributed by atoms with Crippen LogP contribution in [0.4, 0.5) is 0 Å². The topological polar surface area (TPSA) is 97.5 Å². The first kappa shape index (κ1) is 14.4. The first-order valence-corrected chi connectivity index (χ1v) is 6.88. The van der Waals surface area contributed by atoms with Gasteiger partial charge in [-0.25, -0.2) is 8.42 Å². The molecule has 5 nitrogen and oxygen atoms in total. The fraction of sp³-hybridized carbons (Fsp3) is 0.889. The molecule has 0 aromatic rings. The highest BCUT2D eigenvalue weighted by Crippen LogP contribution is 2.12. The minimum Gasteiger partial charge on any atom is -0.481 e. The fourth-order valence-electron chi connectivity index (χ4n) is 1.22. The lowest BCUT2D eigenvalue weighted by Crippen LogP contribution is -2.20. The molecule has 0 aliphatic rings. The van der Waals surface area contributed by atoms with Gasteiger partial charge in [-0.15, -0.1) is 0 Å². The molecule has 90 valence electrons. The van der Waals surface area contributed by atoms with Gasteiger partial charge in [0, 0.05) is 5.75 Å². The van der Waals surface area contributed by atoms with Crippen molar-refractivity contribution in [3.63, 3.8) is 0 Å². The molecular formula is C9H19NO4S. The predicted molar refractivity (Wildman–Crippen MR) is 58.4 cm³/mol. The van der Waals surface area contributed by atoms with Crippen molar-refractivity contribution in [1.29, 1.82) is 0 Å². The lowest BCUT2D eigenvalue weighted by Gasteiger charge is -2.11. The highest BCUT2D eigenvalue weighted by atomic mass is 32.2. The number of sulfone groups is 1. The second-order valence-electron chi connectivity index (χ2n) is 3.49. The van der Waals surface area contributed by atoms with Crippen molar-refractivity contribution in [1.82, 2.24) is 0 Å². The molecule has 0 saturated carbocycles. The Morgan fingerprint density at radius 3 is 2.40 bits per heavy atom. The van der Waals surface area contributed by atoms with Crippen molar-refractivity contribution < 1.29 is 18.3 Å². The number of nitrogens with two attached hydrogens (primary N) is 1. The molecule has 0 amide bonds. The van der Waals surface area contributed by atoms with Crippen LogP contribution in [0.15, 0.2) is 0 Å². The lowest BCUT2D eigenvalue weighted by molar-refractivity contribution is -0.142. The van der Waals surface area contributed by atoms with Gasteiger partial charge in [0.25, 0.3) is 0 Å². The summed E-state index contributed by atoms with van der Waals surface area (Å²) in [6, 6.07) is 0. The Labute approximate surface area is 90.6 Å². The molecule has 0 rings (SSSR count). The quantitative estimate of drug-likeness (QED) is 0.630. The molecule has 0 fully saturated rings. The maximum absolute atomic E-state index is 11.2. The van der Waals surface area contributed by atoms with Crippen LogP contribution in [0.2, 0.25) is 0 Å². The van der Waals surface area contributed by atoms with Gasteiger partial charge in [-0.2, -0.15) is 0 Å². The summed E-state index contributed by atoms with van der Waals surface area (Å²) in [6.45, 7) is 2.00. The fourth-order valence-corrected chi connectivity index (χ4v) is 2.15. The monoisotopic (exact) mass is 237 g/mol. The van der Waals surface area contributed by atoms with E-state index in [0.29, 0.717) is 19.4 Å². The number of carbonyl (C=O) groups is 1. The van der Waals surface area contributed by atoms with E-state index in [1.54, 1.807) is 6.92 Å². The van der Waals surface area contributed by atoms with E-state index in [1.807, 2.05) is 0 Å². The SMILES string of the molecule is CCS(=O)(=O)CCC(CCCN)C(=O)O. The Bertz CT molecular complexity index is 286. The third-order valence-electron chi connectivity index (χ3n) is 2.32. The molecule has 0 saturated heterocycles. The van der Waals surface area contributed by atoms with E-state index in [9.17, 15) is 13.2 Å². The Morgan fingerprint density at radius 2 is 2.00 bits per heavy atom. The molecule has 1 atom stereocenters. The summed E-state index contributed by atoms with van der Waals surface area (Å²) >= 11 is 0. The van der Waals surface area contributed by atoms with E-state index in [2.05, 4.69) is 0 Å². The first-order valence-electron chi connectivity index (χ1n) is 5.06. The largest absolute Gasteiger partial charge is 0.481 e. The van der Waals surface area contributed by atoms with Gasteiger partial charge in [0.1, 0.15) is 9.84 Å². The van der Waals surface area contributed by atoms with E-state index in [0.717, 1.165) is 0 Å². The number of aliphatic carboxylic acids is 1. The first-order chi connectivity index (χ1) is 6.93. The number of hydrogen-bond acceptors (Lipinski definition) is 4. The highest BCUT2D eigenvalue weighted by molar-refractivity contribution is 7.91. The Morgan fingerprint density at radius 1 is 1.40 bits per heavy atom. The summed E-state index contributed by atoms with van der Waals surface area (Å²) in [5.74, 6) is -1.51. The zero-order chi connectivity index (χ0) is 11.9. The van der Waals surface area contributed by atoms with Gasteiger partial charge < -0.3 is 10.8 Å². The molecule has 1 unspecified atom stereocenters. The van der Waals surface area contributed by atoms with Gasteiger partial charge in [0.05, 0.1) is 11.7 Å². The molecule has 0 aromatic carbocycles. The number of rotatable bonds is 8. The minimum atomic E-state index is -3.07. The zero-order valence-corrected chi connectivity index (χ0v) is 9.79. The number of carboxylic acid groups (broad SMARTS) is 1. The summed E-state index contributed by atoms with van der Waals surface area (Å²) in [4.78, 5) is 10.8. The second-order valence-corrected chi connectivity index (χ2v) is 5.96. The highest BCUT2D eigenvalue weighted by Gasteiger charge is 2.19. The third-order valence-corrected chi connectivity index (χ3v) is 4.06. The zero-order valence-electron chi connectivity index (χ0n) is 8.98. The van der Waals surface area contributed by atoms with Gasteiger partial charge in [0.2, 0.25) is 0 Å². The molecule has 0 spiro atoms. The standard InChI is InChI=1S/C9H19NO4S/c1-2-15(13,14)7-5-8(9(11)12)4-3-6-10/h8H,2-7,10H2,1H3,(H,11,12). The maximum atomic E-state index is 11.2. The van der Waals surface area contributed by atoms with Crippen molar-refractivity contribution >= 4 is 15.8 Å². The molecule has 0 radical (unpaired) electrons. The molecule has 3 N–H and O–H groups in total. The van der Waals surface area contributed by atoms with Gasteiger partial charge in [0.15, 0.2) is 0 Å². The van der Waals surface area contributed by atoms with Crippen molar-refractivity contribution in [3.8, 4) is 0 Å². The molecule has 15 heavy (non-hydrogen) atoms.